The number of hydrogen-bond acceptors (Lipinski definition) is 4. The van der Waals surface area contributed by atoms with E-state index >= 15 is 0 Å². The van der Waals surface area contributed by atoms with E-state index in [0.717, 1.165) is 36.4 Å². The van der Waals surface area contributed by atoms with Crippen molar-refractivity contribution >= 4 is 17.7 Å². The number of halogens is 1. The van der Waals surface area contributed by atoms with Crippen LogP contribution in [0.15, 0.2) is 35.7 Å². The number of carbonyl (C=O) groups excluding carboxylic acids is 1. The predicted octanol–water partition coefficient (Wildman–Crippen LogP) is 4.11. The summed E-state index contributed by atoms with van der Waals surface area (Å²) in [6.45, 7) is 4.66. The summed E-state index contributed by atoms with van der Waals surface area (Å²) in [7, 11) is 0. The molecule has 3 rings (SSSR count). The first-order valence-electron chi connectivity index (χ1n) is 9.55. The average molecular weight is 391 g/mol. The highest BCUT2D eigenvalue weighted by Gasteiger charge is 2.34. The molecule has 0 unspecified atom stereocenters. The van der Waals surface area contributed by atoms with Crippen LogP contribution in [0.4, 0.5) is 4.39 Å². The number of amides is 1. The quantitative estimate of drug-likeness (QED) is 0.723. The number of nitrogens with one attached hydrogen (secondary N) is 1. The third kappa shape index (κ3) is 4.89. The zero-order chi connectivity index (χ0) is 19.3. The van der Waals surface area contributed by atoms with Crippen LogP contribution in [0.1, 0.15) is 57.6 Å². The lowest BCUT2D eigenvalue weighted by molar-refractivity contribution is -0.118. The molecule has 1 aliphatic rings. The number of benzene rings is 1. The van der Waals surface area contributed by atoms with Gasteiger partial charge in [-0.05, 0) is 44.4 Å². The Morgan fingerprint density at radius 3 is 2.81 bits per heavy atom. The van der Waals surface area contributed by atoms with Crippen LogP contribution in [0.2, 0.25) is 0 Å². The summed E-state index contributed by atoms with van der Waals surface area (Å²) >= 11 is 1.39. The first-order chi connectivity index (χ1) is 13.0. The Kier molecular flexibility index (Phi) is 6.52. The second kappa shape index (κ2) is 8.87. The largest absolute Gasteiger partial charge is 0.354 e. The van der Waals surface area contributed by atoms with Gasteiger partial charge in [-0.3, -0.25) is 4.79 Å². The molecule has 2 aromatic rings. The molecule has 7 heteroatoms. The highest BCUT2D eigenvalue weighted by atomic mass is 32.2. The lowest BCUT2D eigenvalue weighted by Gasteiger charge is -2.38. The zero-order valence-corrected chi connectivity index (χ0v) is 16.8. The van der Waals surface area contributed by atoms with Gasteiger partial charge in [0.05, 0.1) is 5.75 Å². The number of rotatable bonds is 7. The molecular formula is C20H27FN4OS. The maximum absolute atomic E-state index is 13.8. The van der Waals surface area contributed by atoms with Gasteiger partial charge in [-0.2, -0.15) is 0 Å². The van der Waals surface area contributed by atoms with Crippen LogP contribution in [-0.4, -0.2) is 33.0 Å². The van der Waals surface area contributed by atoms with Gasteiger partial charge in [-0.1, -0.05) is 43.2 Å². The normalized spacial score (nSPS) is 16.4. The zero-order valence-electron chi connectivity index (χ0n) is 15.9. The molecule has 1 aromatic carbocycles. The second-order valence-electron chi connectivity index (χ2n) is 7.53. The van der Waals surface area contributed by atoms with Crippen molar-refractivity contribution in [3.63, 3.8) is 0 Å². The highest BCUT2D eigenvalue weighted by molar-refractivity contribution is 7.99. The molecular weight excluding hydrogens is 363 g/mol. The van der Waals surface area contributed by atoms with Crippen LogP contribution in [0.3, 0.4) is 0 Å². The molecule has 0 aliphatic heterocycles. The van der Waals surface area contributed by atoms with E-state index in [4.69, 9.17) is 0 Å². The smallest absolute Gasteiger partial charge is 0.230 e. The van der Waals surface area contributed by atoms with Gasteiger partial charge in [0.2, 0.25) is 5.91 Å². The van der Waals surface area contributed by atoms with Crippen molar-refractivity contribution in [2.45, 2.75) is 62.6 Å². The molecule has 1 aliphatic carbocycles. The van der Waals surface area contributed by atoms with Crippen molar-refractivity contribution in [2.24, 2.45) is 0 Å². The Morgan fingerprint density at radius 1 is 1.33 bits per heavy atom. The van der Waals surface area contributed by atoms with Crippen molar-refractivity contribution in [3.05, 3.63) is 42.0 Å². The van der Waals surface area contributed by atoms with E-state index in [1.165, 1.54) is 24.2 Å². The minimum Gasteiger partial charge on any atom is -0.354 e. The summed E-state index contributed by atoms with van der Waals surface area (Å²) in [5.41, 5.74) is 0.827. The van der Waals surface area contributed by atoms with Crippen molar-refractivity contribution in [1.82, 2.24) is 20.1 Å². The van der Waals surface area contributed by atoms with E-state index in [1.807, 2.05) is 10.6 Å². The Hall–Kier alpha value is -1.89. The Bertz CT molecular complexity index is 771. The molecule has 1 heterocycles. The monoisotopic (exact) mass is 390 g/mol. The Labute approximate surface area is 164 Å². The minimum atomic E-state index is -0.215. The molecule has 0 spiro atoms. The van der Waals surface area contributed by atoms with E-state index in [0.29, 0.717) is 12.3 Å². The summed E-state index contributed by atoms with van der Waals surface area (Å²) in [4.78, 5) is 12.4. The third-order valence-electron chi connectivity index (χ3n) is 5.30. The van der Waals surface area contributed by atoms with E-state index < -0.39 is 0 Å². The van der Waals surface area contributed by atoms with Gasteiger partial charge in [0, 0.05) is 18.0 Å². The van der Waals surface area contributed by atoms with Crippen LogP contribution in [0, 0.1) is 5.82 Å². The van der Waals surface area contributed by atoms with E-state index in [-0.39, 0.29) is 23.2 Å². The van der Waals surface area contributed by atoms with Crippen LogP contribution in [0.25, 0.3) is 0 Å². The van der Waals surface area contributed by atoms with Crippen molar-refractivity contribution in [2.75, 3.05) is 12.3 Å². The van der Waals surface area contributed by atoms with Gasteiger partial charge >= 0.3 is 0 Å². The SMILES string of the molecule is CC(C)n1cnnc1SCC(=O)NCC1(c2cccc(F)c2)CCCCC1. The predicted molar refractivity (Wildman–Crippen MR) is 105 cm³/mol. The lowest BCUT2D eigenvalue weighted by Crippen LogP contribution is -2.42. The van der Waals surface area contributed by atoms with Gasteiger partial charge < -0.3 is 9.88 Å². The van der Waals surface area contributed by atoms with E-state index in [9.17, 15) is 9.18 Å². The number of hydrogen-bond donors (Lipinski definition) is 1. The highest BCUT2D eigenvalue weighted by Crippen LogP contribution is 2.39. The first kappa shape index (κ1) is 19.9. The molecule has 0 radical (unpaired) electrons. The maximum atomic E-state index is 13.8. The summed E-state index contributed by atoms with van der Waals surface area (Å²) in [5, 5.41) is 11.8. The van der Waals surface area contributed by atoms with Crippen LogP contribution in [-0.2, 0) is 10.2 Å². The van der Waals surface area contributed by atoms with Gasteiger partial charge in [0.1, 0.15) is 12.1 Å². The molecule has 1 saturated carbocycles. The van der Waals surface area contributed by atoms with Gasteiger partial charge in [0.25, 0.3) is 0 Å². The Morgan fingerprint density at radius 2 is 2.11 bits per heavy atom. The minimum absolute atomic E-state index is 0.0281. The van der Waals surface area contributed by atoms with Gasteiger partial charge in [-0.15, -0.1) is 10.2 Å². The molecule has 27 heavy (non-hydrogen) atoms. The number of aromatic nitrogens is 3. The fraction of sp³-hybridized carbons (Fsp3) is 0.550. The third-order valence-corrected chi connectivity index (χ3v) is 6.26. The van der Waals surface area contributed by atoms with E-state index in [2.05, 4.69) is 29.4 Å². The lowest BCUT2D eigenvalue weighted by atomic mass is 9.69. The maximum Gasteiger partial charge on any atom is 0.230 e. The fourth-order valence-electron chi connectivity index (χ4n) is 3.75. The average Bonchev–Trinajstić information content (AvgIpc) is 3.14. The van der Waals surface area contributed by atoms with Crippen molar-refractivity contribution in [1.29, 1.82) is 0 Å². The summed E-state index contributed by atoms with van der Waals surface area (Å²) in [6.07, 6.45) is 7.06. The van der Waals surface area contributed by atoms with Crippen LogP contribution < -0.4 is 5.32 Å². The summed E-state index contributed by atoms with van der Waals surface area (Å²) < 4.78 is 15.7. The van der Waals surface area contributed by atoms with E-state index in [1.54, 1.807) is 18.5 Å². The number of thioether (sulfide) groups is 1. The molecule has 0 bridgehead atoms. The van der Waals surface area contributed by atoms with Crippen molar-refractivity contribution in [3.8, 4) is 0 Å². The molecule has 1 amide bonds. The van der Waals surface area contributed by atoms with Crippen LogP contribution in [0.5, 0.6) is 0 Å². The topological polar surface area (TPSA) is 59.8 Å². The Balaban J connectivity index is 1.62. The number of nitrogens with zero attached hydrogens (tertiary/aromatic N) is 3. The molecule has 5 nitrogen and oxygen atoms in total. The standard InChI is InChI=1S/C20H27FN4OS/c1-15(2)25-14-23-24-19(25)27-12-18(26)22-13-20(9-4-3-5-10-20)16-7-6-8-17(21)11-16/h6-8,11,14-15H,3-5,9-10,12-13H2,1-2H3,(H,22,26). The van der Waals surface area contributed by atoms with Crippen molar-refractivity contribution < 1.29 is 9.18 Å². The van der Waals surface area contributed by atoms with Gasteiger partial charge in [0.15, 0.2) is 5.16 Å². The molecule has 1 N–H and O–H groups in total. The fourth-order valence-corrected chi connectivity index (χ4v) is 4.63. The molecule has 0 atom stereocenters. The van der Waals surface area contributed by atoms with Crippen LogP contribution >= 0.6 is 11.8 Å². The van der Waals surface area contributed by atoms with Gasteiger partial charge in [-0.25, -0.2) is 4.39 Å². The number of carbonyl (C=O) groups is 1. The molecule has 146 valence electrons. The molecule has 1 aromatic heterocycles. The first-order valence-corrected chi connectivity index (χ1v) is 10.5. The summed E-state index contributed by atoms with van der Waals surface area (Å²) in [6, 6.07) is 7.10. The molecule has 1 fully saturated rings. The molecule has 0 saturated heterocycles. The second-order valence-corrected chi connectivity index (χ2v) is 8.47. The summed E-state index contributed by atoms with van der Waals surface area (Å²) in [5.74, 6) is 0.0528.